The van der Waals surface area contributed by atoms with Crippen LogP contribution in [0.3, 0.4) is 0 Å². The Labute approximate surface area is 142 Å². The molecule has 2 N–H and O–H groups in total. The van der Waals surface area contributed by atoms with Gasteiger partial charge in [-0.2, -0.15) is 0 Å². The summed E-state index contributed by atoms with van der Waals surface area (Å²) in [4.78, 5) is 12.3. The van der Waals surface area contributed by atoms with Crippen LogP contribution in [0, 0.1) is 0 Å². The standard InChI is InChI=1S/C16H22N2O4.ClH/c1-20-13-8-12(9-14(21-2)15(13)22-3)16(19)18-10-11-4-6-17-7-5-11;/h4,8-9,17H,5-7,10H2,1-3H3,(H,18,19);1H. The predicted octanol–water partition coefficient (Wildman–Crippen LogP) is 1.78. The Balaban J connectivity index is 0.00000264. The molecule has 1 aromatic rings. The van der Waals surface area contributed by atoms with E-state index < -0.39 is 0 Å². The van der Waals surface area contributed by atoms with E-state index >= 15 is 0 Å². The number of methoxy groups -OCH3 is 3. The SMILES string of the molecule is COc1cc(C(=O)NCC2=CCNCC2)cc(OC)c1OC.Cl. The lowest BCUT2D eigenvalue weighted by molar-refractivity contribution is 0.0956. The molecule has 0 saturated heterocycles. The molecule has 1 aliphatic rings. The summed E-state index contributed by atoms with van der Waals surface area (Å²) in [6.07, 6.45) is 3.06. The van der Waals surface area contributed by atoms with Gasteiger partial charge in [-0.3, -0.25) is 4.79 Å². The Hall–Kier alpha value is -1.92. The maximum Gasteiger partial charge on any atom is 0.251 e. The quantitative estimate of drug-likeness (QED) is 0.771. The van der Waals surface area contributed by atoms with Crippen LogP contribution in [0.2, 0.25) is 0 Å². The van der Waals surface area contributed by atoms with Crippen LogP contribution in [0.5, 0.6) is 17.2 Å². The Morgan fingerprint density at radius 2 is 1.83 bits per heavy atom. The van der Waals surface area contributed by atoms with Gasteiger partial charge in [-0.25, -0.2) is 0 Å². The third-order valence-corrected chi connectivity index (χ3v) is 3.56. The fourth-order valence-electron chi connectivity index (χ4n) is 2.34. The number of hydrogen-bond acceptors (Lipinski definition) is 5. The molecule has 1 amide bonds. The summed E-state index contributed by atoms with van der Waals surface area (Å²) >= 11 is 0. The Bertz CT molecular complexity index is 550. The van der Waals surface area contributed by atoms with Crippen molar-refractivity contribution < 1.29 is 19.0 Å². The monoisotopic (exact) mass is 342 g/mol. The number of halogens is 1. The first-order valence-electron chi connectivity index (χ1n) is 7.16. The van der Waals surface area contributed by atoms with Crippen LogP contribution in [0.15, 0.2) is 23.8 Å². The van der Waals surface area contributed by atoms with Gasteiger partial charge < -0.3 is 24.8 Å². The Kier molecular flexibility index (Phi) is 7.71. The zero-order valence-electron chi connectivity index (χ0n) is 13.6. The first-order chi connectivity index (χ1) is 10.7. The smallest absolute Gasteiger partial charge is 0.251 e. The summed E-state index contributed by atoms with van der Waals surface area (Å²) in [6.45, 7) is 2.36. The highest BCUT2D eigenvalue weighted by molar-refractivity contribution is 5.95. The summed E-state index contributed by atoms with van der Waals surface area (Å²) in [5.41, 5.74) is 1.71. The number of rotatable bonds is 6. The minimum absolute atomic E-state index is 0. The molecule has 7 heteroatoms. The van der Waals surface area contributed by atoms with Crippen molar-refractivity contribution in [3.05, 3.63) is 29.3 Å². The first kappa shape index (κ1) is 19.1. The highest BCUT2D eigenvalue weighted by Gasteiger charge is 2.17. The number of ether oxygens (including phenoxy) is 3. The molecular formula is C16H23ClN2O4. The summed E-state index contributed by atoms with van der Waals surface area (Å²) in [5.74, 6) is 1.24. The van der Waals surface area contributed by atoms with E-state index in [0.29, 0.717) is 29.4 Å². The van der Waals surface area contributed by atoms with Gasteiger partial charge in [-0.05, 0) is 25.1 Å². The molecule has 6 nitrogen and oxygen atoms in total. The maximum absolute atomic E-state index is 12.3. The summed E-state index contributed by atoms with van der Waals surface area (Å²) in [6, 6.07) is 3.29. The first-order valence-corrected chi connectivity index (χ1v) is 7.16. The third-order valence-electron chi connectivity index (χ3n) is 3.56. The van der Waals surface area contributed by atoms with Gasteiger partial charge in [-0.1, -0.05) is 11.6 Å². The van der Waals surface area contributed by atoms with E-state index in [-0.39, 0.29) is 18.3 Å². The molecule has 0 spiro atoms. The topological polar surface area (TPSA) is 68.8 Å². The second-order valence-corrected chi connectivity index (χ2v) is 4.91. The fourth-order valence-corrected chi connectivity index (χ4v) is 2.34. The zero-order valence-corrected chi connectivity index (χ0v) is 14.4. The molecule has 23 heavy (non-hydrogen) atoms. The lowest BCUT2D eigenvalue weighted by Crippen LogP contribution is -2.29. The lowest BCUT2D eigenvalue weighted by atomic mass is 10.1. The van der Waals surface area contributed by atoms with Crippen molar-refractivity contribution in [1.29, 1.82) is 0 Å². The van der Waals surface area contributed by atoms with Gasteiger partial charge in [0.1, 0.15) is 0 Å². The third kappa shape index (κ3) is 4.77. The number of carbonyl (C=O) groups is 1. The van der Waals surface area contributed by atoms with Crippen molar-refractivity contribution in [1.82, 2.24) is 10.6 Å². The van der Waals surface area contributed by atoms with Crippen molar-refractivity contribution in [3.63, 3.8) is 0 Å². The van der Waals surface area contributed by atoms with Crippen LogP contribution < -0.4 is 24.8 Å². The van der Waals surface area contributed by atoms with Crippen LogP contribution in [0.4, 0.5) is 0 Å². The van der Waals surface area contributed by atoms with Crippen LogP contribution in [-0.2, 0) is 0 Å². The van der Waals surface area contributed by atoms with Gasteiger partial charge in [0.25, 0.3) is 5.91 Å². The summed E-state index contributed by atoms with van der Waals surface area (Å²) < 4.78 is 15.8. The molecule has 1 aromatic carbocycles. The van der Waals surface area contributed by atoms with Gasteiger partial charge in [0.05, 0.1) is 21.3 Å². The molecule has 0 saturated carbocycles. The van der Waals surface area contributed by atoms with Crippen LogP contribution in [0.25, 0.3) is 0 Å². The van der Waals surface area contributed by atoms with E-state index in [1.165, 1.54) is 26.9 Å². The zero-order chi connectivity index (χ0) is 15.9. The van der Waals surface area contributed by atoms with E-state index in [9.17, 15) is 4.79 Å². The molecule has 0 bridgehead atoms. The predicted molar refractivity (Wildman–Crippen MR) is 91.2 cm³/mol. The lowest BCUT2D eigenvalue weighted by Gasteiger charge is -2.16. The van der Waals surface area contributed by atoms with Gasteiger partial charge in [0, 0.05) is 18.7 Å². The van der Waals surface area contributed by atoms with Crippen LogP contribution in [-0.4, -0.2) is 46.9 Å². The second kappa shape index (κ2) is 9.27. The molecule has 128 valence electrons. The molecule has 0 unspecified atom stereocenters. The highest BCUT2D eigenvalue weighted by atomic mass is 35.5. The Morgan fingerprint density at radius 1 is 1.17 bits per heavy atom. The van der Waals surface area contributed by atoms with Crippen LogP contribution >= 0.6 is 12.4 Å². The van der Waals surface area contributed by atoms with Crippen molar-refractivity contribution in [3.8, 4) is 17.2 Å². The molecule has 1 heterocycles. The number of hydrogen-bond donors (Lipinski definition) is 2. The van der Waals surface area contributed by atoms with E-state index in [1.54, 1.807) is 12.1 Å². The van der Waals surface area contributed by atoms with Crippen molar-refractivity contribution in [2.45, 2.75) is 6.42 Å². The van der Waals surface area contributed by atoms with E-state index in [2.05, 4.69) is 16.7 Å². The average Bonchev–Trinajstić information content (AvgIpc) is 2.59. The second-order valence-electron chi connectivity index (χ2n) is 4.91. The molecule has 0 aliphatic carbocycles. The van der Waals surface area contributed by atoms with E-state index in [0.717, 1.165) is 19.5 Å². The van der Waals surface area contributed by atoms with E-state index in [1.807, 2.05) is 0 Å². The van der Waals surface area contributed by atoms with Gasteiger partial charge in [0.15, 0.2) is 11.5 Å². The largest absolute Gasteiger partial charge is 0.493 e. The van der Waals surface area contributed by atoms with Gasteiger partial charge in [-0.15, -0.1) is 12.4 Å². The molecule has 0 fully saturated rings. The van der Waals surface area contributed by atoms with Crippen molar-refractivity contribution >= 4 is 18.3 Å². The van der Waals surface area contributed by atoms with Crippen molar-refractivity contribution in [2.75, 3.05) is 41.0 Å². The maximum atomic E-state index is 12.3. The number of carbonyl (C=O) groups excluding carboxylic acids is 1. The van der Waals surface area contributed by atoms with E-state index in [4.69, 9.17) is 14.2 Å². The summed E-state index contributed by atoms with van der Waals surface area (Å²) in [7, 11) is 4.58. The minimum Gasteiger partial charge on any atom is -0.493 e. The summed E-state index contributed by atoms with van der Waals surface area (Å²) in [5, 5.41) is 6.16. The Morgan fingerprint density at radius 3 is 2.30 bits per heavy atom. The van der Waals surface area contributed by atoms with Crippen molar-refractivity contribution in [2.24, 2.45) is 0 Å². The highest BCUT2D eigenvalue weighted by Crippen LogP contribution is 2.38. The molecule has 2 rings (SSSR count). The number of benzene rings is 1. The van der Waals surface area contributed by atoms with Crippen LogP contribution in [0.1, 0.15) is 16.8 Å². The number of amides is 1. The van der Waals surface area contributed by atoms with Gasteiger partial charge >= 0.3 is 0 Å². The molecule has 1 aliphatic heterocycles. The number of nitrogens with one attached hydrogen (secondary N) is 2. The minimum atomic E-state index is -0.168. The fraction of sp³-hybridized carbons (Fsp3) is 0.438. The molecular weight excluding hydrogens is 320 g/mol. The molecule has 0 atom stereocenters. The average molecular weight is 343 g/mol. The molecule has 0 aromatic heterocycles. The van der Waals surface area contributed by atoms with Gasteiger partial charge in [0.2, 0.25) is 5.75 Å². The molecule has 0 radical (unpaired) electrons. The normalized spacial score (nSPS) is 13.4.